The number of amides is 2. The van der Waals surface area contributed by atoms with Crippen LogP contribution in [0.2, 0.25) is 10.0 Å². The molecular weight excluding hydrogens is 415 g/mol. The Balaban J connectivity index is 1.82. The fraction of sp³-hybridized carbons (Fsp3) is 0.200. The smallest absolute Gasteiger partial charge is 0.273 e. The third kappa shape index (κ3) is 4.41. The molecule has 0 saturated heterocycles. The first-order chi connectivity index (χ1) is 13.8. The number of hydrazine groups is 1. The molecule has 0 radical (unpaired) electrons. The Bertz CT molecular complexity index is 1140. The molecule has 3 aromatic rings. The van der Waals surface area contributed by atoms with Gasteiger partial charge >= 0.3 is 0 Å². The zero-order valence-corrected chi connectivity index (χ0v) is 17.2. The summed E-state index contributed by atoms with van der Waals surface area (Å²) < 4.78 is 1.24. The van der Waals surface area contributed by atoms with Crippen LogP contribution in [-0.4, -0.2) is 21.6 Å². The Morgan fingerprint density at radius 2 is 1.62 bits per heavy atom. The van der Waals surface area contributed by atoms with E-state index in [4.69, 9.17) is 23.2 Å². The van der Waals surface area contributed by atoms with Gasteiger partial charge in [-0.15, -0.1) is 0 Å². The number of nitrogens with zero attached hydrogens (tertiary/aromatic N) is 2. The molecule has 0 saturated carbocycles. The van der Waals surface area contributed by atoms with Gasteiger partial charge in [0.2, 0.25) is 5.91 Å². The van der Waals surface area contributed by atoms with Crippen LogP contribution >= 0.6 is 23.2 Å². The van der Waals surface area contributed by atoms with E-state index >= 15 is 0 Å². The van der Waals surface area contributed by atoms with Crippen molar-refractivity contribution in [3.8, 4) is 0 Å². The predicted molar refractivity (Wildman–Crippen MR) is 112 cm³/mol. The third-order valence-electron chi connectivity index (χ3n) is 4.25. The van der Waals surface area contributed by atoms with E-state index < -0.39 is 11.8 Å². The number of carbonyl (C=O) groups excluding carboxylic acids is 2. The highest BCUT2D eigenvalue weighted by Crippen LogP contribution is 2.24. The fourth-order valence-corrected chi connectivity index (χ4v) is 3.35. The molecule has 2 aromatic carbocycles. The normalized spacial score (nSPS) is 10.9. The van der Waals surface area contributed by atoms with Gasteiger partial charge in [-0.2, -0.15) is 5.10 Å². The van der Waals surface area contributed by atoms with Crippen molar-refractivity contribution in [3.05, 3.63) is 74.1 Å². The van der Waals surface area contributed by atoms with Gasteiger partial charge in [0.05, 0.1) is 17.8 Å². The van der Waals surface area contributed by atoms with Crippen LogP contribution in [0.15, 0.2) is 47.3 Å². The fourth-order valence-electron chi connectivity index (χ4n) is 2.82. The van der Waals surface area contributed by atoms with Crippen molar-refractivity contribution in [2.24, 2.45) is 0 Å². The summed E-state index contributed by atoms with van der Waals surface area (Å²) in [5.74, 6) is -1.15. The molecule has 29 heavy (non-hydrogen) atoms. The third-order valence-corrected chi connectivity index (χ3v) is 4.96. The molecular formula is C20H18Cl2N4O3. The second-order valence-electron chi connectivity index (χ2n) is 6.62. The van der Waals surface area contributed by atoms with Crippen molar-refractivity contribution in [3.63, 3.8) is 0 Å². The highest BCUT2D eigenvalue weighted by atomic mass is 35.5. The van der Waals surface area contributed by atoms with Gasteiger partial charge in [-0.1, -0.05) is 47.5 Å². The van der Waals surface area contributed by atoms with Crippen molar-refractivity contribution in [2.75, 3.05) is 0 Å². The lowest BCUT2D eigenvalue weighted by molar-refractivity contribution is -0.121. The molecule has 150 valence electrons. The minimum Gasteiger partial charge on any atom is -0.273 e. The maximum absolute atomic E-state index is 12.7. The molecule has 9 heteroatoms. The summed E-state index contributed by atoms with van der Waals surface area (Å²) in [6, 6.07) is 11.4. The van der Waals surface area contributed by atoms with Crippen LogP contribution in [0.25, 0.3) is 10.8 Å². The summed E-state index contributed by atoms with van der Waals surface area (Å²) >= 11 is 12.1. The first kappa shape index (κ1) is 20.8. The van der Waals surface area contributed by atoms with Crippen LogP contribution in [0.4, 0.5) is 0 Å². The predicted octanol–water partition coefficient (Wildman–Crippen LogP) is 3.29. The van der Waals surface area contributed by atoms with Crippen LogP contribution in [-0.2, 0) is 11.2 Å². The van der Waals surface area contributed by atoms with Gasteiger partial charge in [-0.05, 0) is 37.6 Å². The molecule has 0 unspecified atom stereocenters. The second-order valence-corrected chi connectivity index (χ2v) is 7.43. The number of carbonyl (C=O) groups is 2. The van der Waals surface area contributed by atoms with Crippen molar-refractivity contribution in [1.82, 2.24) is 20.6 Å². The molecule has 0 atom stereocenters. The van der Waals surface area contributed by atoms with Gasteiger partial charge in [-0.3, -0.25) is 25.2 Å². The van der Waals surface area contributed by atoms with Gasteiger partial charge in [0, 0.05) is 15.4 Å². The summed E-state index contributed by atoms with van der Waals surface area (Å²) in [7, 11) is 0. The number of hydrogen-bond acceptors (Lipinski definition) is 4. The van der Waals surface area contributed by atoms with Crippen molar-refractivity contribution in [2.45, 2.75) is 26.3 Å². The van der Waals surface area contributed by atoms with E-state index in [0.29, 0.717) is 26.4 Å². The van der Waals surface area contributed by atoms with Gasteiger partial charge < -0.3 is 0 Å². The molecule has 0 fully saturated rings. The number of halogens is 2. The maximum atomic E-state index is 12.7. The Morgan fingerprint density at radius 1 is 1.00 bits per heavy atom. The van der Waals surface area contributed by atoms with E-state index in [1.165, 1.54) is 4.68 Å². The SMILES string of the molecule is CC(C)n1nc(C(=O)NNC(=O)Cc2c(Cl)cccc2Cl)c2ccccc2c1=O. The van der Waals surface area contributed by atoms with Crippen molar-refractivity contribution in [1.29, 1.82) is 0 Å². The molecule has 2 N–H and O–H groups in total. The van der Waals surface area contributed by atoms with Gasteiger partial charge in [-0.25, -0.2) is 4.68 Å². The number of aromatic nitrogens is 2. The minimum absolute atomic E-state index is 0.0324. The lowest BCUT2D eigenvalue weighted by Gasteiger charge is -2.14. The van der Waals surface area contributed by atoms with Crippen LogP contribution in [0.1, 0.15) is 35.9 Å². The maximum Gasteiger partial charge on any atom is 0.290 e. The second kappa shape index (κ2) is 8.63. The average molecular weight is 433 g/mol. The van der Waals surface area contributed by atoms with Gasteiger partial charge in [0.1, 0.15) is 0 Å². The highest BCUT2D eigenvalue weighted by Gasteiger charge is 2.19. The Kier molecular flexibility index (Phi) is 6.20. The molecule has 0 bridgehead atoms. The Morgan fingerprint density at radius 3 is 2.24 bits per heavy atom. The summed E-state index contributed by atoms with van der Waals surface area (Å²) in [4.78, 5) is 37.5. The van der Waals surface area contributed by atoms with E-state index in [0.717, 1.165) is 0 Å². The first-order valence-corrected chi connectivity index (χ1v) is 9.58. The number of benzene rings is 2. The molecule has 0 spiro atoms. The molecule has 0 aliphatic heterocycles. The Labute approximate surface area is 176 Å². The number of rotatable bonds is 4. The zero-order valence-electron chi connectivity index (χ0n) is 15.7. The molecule has 3 rings (SSSR count). The van der Waals surface area contributed by atoms with Crippen molar-refractivity contribution < 1.29 is 9.59 Å². The number of hydrogen-bond donors (Lipinski definition) is 2. The zero-order chi connectivity index (χ0) is 21.1. The lowest BCUT2D eigenvalue weighted by atomic mass is 10.1. The van der Waals surface area contributed by atoms with E-state index in [-0.39, 0.29) is 23.7 Å². The van der Waals surface area contributed by atoms with Gasteiger partial charge in [0.15, 0.2) is 5.69 Å². The minimum atomic E-state index is -0.644. The standard InChI is InChI=1S/C20H18Cl2N4O3/c1-11(2)26-20(29)13-7-4-3-6-12(13)18(25-26)19(28)24-23-17(27)10-14-15(21)8-5-9-16(14)22/h3-9,11H,10H2,1-2H3,(H,23,27)(H,24,28). The van der Waals surface area contributed by atoms with E-state index in [1.54, 1.807) is 56.3 Å². The monoisotopic (exact) mass is 432 g/mol. The highest BCUT2D eigenvalue weighted by molar-refractivity contribution is 6.36. The lowest BCUT2D eigenvalue weighted by Crippen LogP contribution is -2.43. The van der Waals surface area contributed by atoms with Crippen LogP contribution < -0.4 is 16.4 Å². The van der Waals surface area contributed by atoms with E-state index in [2.05, 4.69) is 16.0 Å². The quantitative estimate of drug-likeness (QED) is 0.618. The molecule has 0 aliphatic carbocycles. The number of nitrogens with one attached hydrogen (secondary N) is 2. The molecule has 2 amide bonds. The number of fused-ring (bicyclic) bond motifs is 1. The first-order valence-electron chi connectivity index (χ1n) is 8.83. The van der Waals surface area contributed by atoms with E-state index in [9.17, 15) is 14.4 Å². The molecule has 7 nitrogen and oxygen atoms in total. The van der Waals surface area contributed by atoms with E-state index in [1.807, 2.05) is 0 Å². The summed E-state index contributed by atoms with van der Waals surface area (Å²) in [5.41, 5.74) is 4.86. The van der Waals surface area contributed by atoms with Crippen LogP contribution in [0.5, 0.6) is 0 Å². The Hall–Kier alpha value is -2.90. The molecule has 1 heterocycles. The molecule has 1 aromatic heterocycles. The average Bonchev–Trinajstić information content (AvgIpc) is 2.69. The topological polar surface area (TPSA) is 93.1 Å². The summed E-state index contributed by atoms with van der Waals surface area (Å²) in [6.07, 6.45) is -0.113. The summed E-state index contributed by atoms with van der Waals surface area (Å²) in [5, 5.41) is 5.67. The largest absolute Gasteiger partial charge is 0.290 e. The molecule has 0 aliphatic rings. The van der Waals surface area contributed by atoms with Crippen LogP contribution in [0, 0.1) is 0 Å². The van der Waals surface area contributed by atoms with Gasteiger partial charge in [0.25, 0.3) is 11.5 Å². The van der Waals surface area contributed by atoms with Crippen LogP contribution in [0.3, 0.4) is 0 Å². The van der Waals surface area contributed by atoms with Crippen molar-refractivity contribution >= 4 is 45.8 Å². The summed E-state index contributed by atoms with van der Waals surface area (Å²) in [6.45, 7) is 3.58.